The largest absolute Gasteiger partial charge is 0.313 e. The molecule has 3 heteroatoms. The van der Waals surface area contributed by atoms with Gasteiger partial charge in [-0.25, -0.2) is 0 Å². The minimum Gasteiger partial charge on any atom is -0.313 e. The fraction of sp³-hybridized carbons (Fsp3) is 1.00. The van der Waals surface area contributed by atoms with Gasteiger partial charge >= 0.3 is 0 Å². The summed E-state index contributed by atoms with van der Waals surface area (Å²) >= 11 is 0. The molecule has 0 bridgehead atoms. The van der Waals surface area contributed by atoms with Crippen molar-refractivity contribution in [2.75, 3.05) is 39.8 Å². The van der Waals surface area contributed by atoms with Crippen LogP contribution in [-0.4, -0.2) is 61.7 Å². The van der Waals surface area contributed by atoms with Crippen molar-refractivity contribution in [3.63, 3.8) is 0 Å². The van der Waals surface area contributed by atoms with Gasteiger partial charge in [-0.2, -0.15) is 0 Å². The lowest BCUT2D eigenvalue weighted by atomic mass is 10.2. The van der Waals surface area contributed by atoms with Gasteiger partial charge in [0.25, 0.3) is 0 Å². The smallest absolute Gasteiger partial charge is 0.0195 e. The minimum absolute atomic E-state index is 0.731. The average molecular weight is 197 g/mol. The first-order valence-corrected chi connectivity index (χ1v) is 5.91. The molecule has 1 saturated carbocycles. The van der Waals surface area contributed by atoms with Gasteiger partial charge in [-0.15, -0.1) is 0 Å². The van der Waals surface area contributed by atoms with E-state index in [-0.39, 0.29) is 0 Å². The van der Waals surface area contributed by atoms with E-state index >= 15 is 0 Å². The van der Waals surface area contributed by atoms with E-state index in [2.05, 4.69) is 29.1 Å². The van der Waals surface area contributed by atoms with Crippen LogP contribution >= 0.6 is 0 Å². The van der Waals surface area contributed by atoms with Crippen LogP contribution in [0.15, 0.2) is 0 Å². The van der Waals surface area contributed by atoms with Gasteiger partial charge in [0.1, 0.15) is 0 Å². The molecular weight excluding hydrogens is 174 g/mol. The van der Waals surface area contributed by atoms with E-state index in [0.717, 1.165) is 12.1 Å². The van der Waals surface area contributed by atoms with Crippen LogP contribution in [0.25, 0.3) is 0 Å². The van der Waals surface area contributed by atoms with Crippen LogP contribution in [0.3, 0.4) is 0 Å². The molecule has 0 aromatic rings. The fourth-order valence-electron chi connectivity index (χ4n) is 2.21. The lowest BCUT2D eigenvalue weighted by Crippen LogP contribution is -2.52. The van der Waals surface area contributed by atoms with Crippen LogP contribution in [0.1, 0.15) is 19.8 Å². The molecule has 1 aliphatic carbocycles. The van der Waals surface area contributed by atoms with Crippen LogP contribution in [0.5, 0.6) is 0 Å². The van der Waals surface area contributed by atoms with Crippen LogP contribution in [0.2, 0.25) is 0 Å². The Morgan fingerprint density at radius 3 is 2.71 bits per heavy atom. The average Bonchev–Trinajstić information content (AvgIpc) is 2.92. The highest BCUT2D eigenvalue weighted by Crippen LogP contribution is 2.18. The number of nitrogens with zero attached hydrogens (tertiary/aromatic N) is 2. The molecule has 14 heavy (non-hydrogen) atoms. The molecule has 1 N–H and O–H groups in total. The minimum atomic E-state index is 0.731. The first kappa shape index (κ1) is 10.4. The van der Waals surface area contributed by atoms with Crippen molar-refractivity contribution >= 4 is 0 Å². The third kappa shape index (κ3) is 2.94. The Hall–Kier alpha value is -0.120. The molecular formula is C11H23N3. The molecule has 0 spiro atoms. The fourth-order valence-corrected chi connectivity index (χ4v) is 2.21. The van der Waals surface area contributed by atoms with Crippen LogP contribution < -0.4 is 5.32 Å². The van der Waals surface area contributed by atoms with Crippen molar-refractivity contribution in [3.05, 3.63) is 0 Å². The second-order valence-electron chi connectivity index (χ2n) is 4.88. The normalized spacial score (nSPS) is 30.9. The van der Waals surface area contributed by atoms with Crippen LogP contribution in [0.4, 0.5) is 0 Å². The third-order valence-electron chi connectivity index (χ3n) is 3.38. The summed E-state index contributed by atoms with van der Waals surface area (Å²) in [4.78, 5) is 5.03. The molecule has 2 aliphatic rings. The van der Waals surface area contributed by atoms with Crippen molar-refractivity contribution in [2.45, 2.75) is 31.8 Å². The second-order valence-corrected chi connectivity index (χ2v) is 4.88. The summed E-state index contributed by atoms with van der Waals surface area (Å²) in [5, 5.41) is 3.58. The Bertz CT molecular complexity index is 179. The zero-order valence-corrected chi connectivity index (χ0v) is 9.50. The van der Waals surface area contributed by atoms with Gasteiger partial charge in [0, 0.05) is 44.8 Å². The highest BCUT2D eigenvalue weighted by Gasteiger charge is 2.23. The maximum absolute atomic E-state index is 3.58. The quantitative estimate of drug-likeness (QED) is 0.703. The van der Waals surface area contributed by atoms with Crippen molar-refractivity contribution in [2.24, 2.45) is 0 Å². The van der Waals surface area contributed by atoms with Gasteiger partial charge in [0.2, 0.25) is 0 Å². The van der Waals surface area contributed by atoms with Gasteiger partial charge < -0.3 is 10.2 Å². The zero-order valence-electron chi connectivity index (χ0n) is 9.50. The molecule has 0 radical (unpaired) electrons. The summed E-state index contributed by atoms with van der Waals surface area (Å²) in [5.41, 5.74) is 0. The highest BCUT2D eigenvalue weighted by molar-refractivity contribution is 4.82. The maximum Gasteiger partial charge on any atom is 0.0195 e. The standard InChI is InChI=1S/C11H23N3/c1-10-9-13(2)7-8-14(10)6-5-12-11-3-4-11/h10-12H,3-9H2,1-2H3. The molecule has 82 valence electrons. The molecule has 0 amide bonds. The van der Waals surface area contributed by atoms with Crippen LogP contribution in [-0.2, 0) is 0 Å². The Morgan fingerprint density at radius 1 is 1.29 bits per heavy atom. The Morgan fingerprint density at radius 2 is 2.07 bits per heavy atom. The number of nitrogens with one attached hydrogen (secondary N) is 1. The van der Waals surface area contributed by atoms with E-state index in [9.17, 15) is 0 Å². The number of hydrogen-bond donors (Lipinski definition) is 1. The lowest BCUT2D eigenvalue weighted by molar-refractivity contribution is 0.101. The SMILES string of the molecule is CC1CN(C)CCN1CCNC1CC1. The molecule has 1 saturated heterocycles. The van der Waals surface area contributed by atoms with E-state index in [0.29, 0.717) is 0 Å². The summed E-state index contributed by atoms with van der Waals surface area (Å²) in [6.07, 6.45) is 2.80. The summed E-state index contributed by atoms with van der Waals surface area (Å²) in [5.74, 6) is 0. The summed E-state index contributed by atoms with van der Waals surface area (Å²) in [7, 11) is 2.22. The molecule has 1 heterocycles. The predicted molar refractivity (Wildman–Crippen MR) is 59.6 cm³/mol. The molecule has 1 atom stereocenters. The molecule has 2 rings (SSSR count). The first-order valence-electron chi connectivity index (χ1n) is 5.91. The second kappa shape index (κ2) is 4.60. The van der Waals surface area contributed by atoms with Crippen molar-refractivity contribution in [1.82, 2.24) is 15.1 Å². The van der Waals surface area contributed by atoms with E-state index < -0.39 is 0 Å². The van der Waals surface area contributed by atoms with Crippen molar-refractivity contribution in [3.8, 4) is 0 Å². The molecule has 3 nitrogen and oxygen atoms in total. The van der Waals surface area contributed by atoms with Gasteiger partial charge in [0.15, 0.2) is 0 Å². The molecule has 0 aromatic heterocycles. The van der Waals surface area contributed by atoms with Gasteiger partial charge in [0.05, 0.1) is 0 Å². The van der Waals surface area contributed by atoms with E-state index in [1.807, 2.05) is 0 Å². The maximum atomic E-state index is 3.58. The first-order chi connectivity index (χ1) is 6.75. The van der Waals surface area contributed by atoms with E-state index in [1.165, 1.54) is 45.6 Å². The summed E-state index contributed by atoms with van der Waals surface area (Å²) in [6, 6.07) is 1.59. The molecule has 1 aliphatic heterocycles. The number of likely N-dealkylation sites (N-methyl/N-ethyl adjacent to an activating group) is 1. The predicted octanol–water partition coefficient (Wildman–Crippen LogP) is 0.374. The number of piperazine rings is 1. The molecule has 1 unspecified atom stereocenters. The number of rotatable bonds is 4. The summed E-state index contributed by atoms with van der Waals surface area (Å²) in [6.45, 7) is 8.44. The lowest BCUT2D eigenvalue weighted by Gasteiger charge is -2.38. The topological polar surface area (TPSA) is 18.5 Å². The molecule has 0 aromatic carbocycles. The Kier molecular flexibility index (Phi) is 3.42. The Labute approximate surface area is 87.4 Å². The highest BCUT2D eigenvalue weighted by atomic mass is 15.3. The number of hydrogen-bond acceptors (Lipinski definition) is 3. The van der Waals surface area contributed by atoms with Gasteiger partial charge in [-0.1, -0.05) is 0 Å². The van der Waals surface area contributed by atoms with Gasteiger partial charge in [-0.05, 0) is 26.8 Å². The molecule has 2 fully saturated rings. The van der Waals surface area contributed by atoms with Crippen molar-refractivity contribution in [1.29, 1.82) is 0 Å². The third-order valence-corrected chi connectivity index (χ3v) is 3.38. The van der Waals surface area contributed by atoms with E-state index in [1.54, 1.807) is 0 Å². The van der Waals surface area contributed by atoms with Crippen LogP contribution in [0, 0.1) is 0 Å². The Balaban J connectivity index is 1.63. The van der Waals surface area contributed by atoms with Gasteiger partial charge in [-0.3, -0.25) is 4.90 Å². The monoisotopic (exact) mass is 197 g/mol. The van der Waals surface area contributed by atoms with Crippen molar-refractivity contribution < 1.29 is 0 Å². The summed E-state index contributed by atoms with van der Waals surface area (Å²) < 4.78 is 0. The van der Waals surface area contributed by atoms with E-state index in [4.69, 9.17) is 0 Å². The zero-order chi connectivity index (χ0) is 9.97.